The third kappa shape index (κ3) is 7.35. The molecule has 1 unspecified atom stereocenters. The Hall–Kier alpha value is -4.00. The molecule has 3 aromatic carbocycles. The first-order valence-electron chi connectivity index (χ1n) is 14.6. The van der Waals surface area contributed by atoms with E-state index in [0.717, 1.165) is 22.1 Å². The lowest BCUT2D eigenvalue weighted by molar-refractivity contribution is -0.139. The van der Waals surface area contributed by atoms with E-state index in [2.05, 4.69) is 65.4 Å². The van der Waals surface area contributed by atoms with Crippen LogP contribution in [0.3, 0.4) is 0 Å². The summed E-state index contributed by atoms with van der Waals surface area (Å²) in [7, 11) is -2.88. The topological polar surface area (TPSA) is 64.9 Å². The van der Waals surface area contributed by atoms with Crippen molar-refractivity contribution in [3.63, 3.8) is 0 Å². The number of nitrogens with zero attached hydrogens (tertiary/aromatic N) is 4. The lowest BCUT2D eigenvalue weighted by Crippen LogP contribution is -2.67. The average Bonchev–Trinajstić information content (AvgIpc) is 3.38. The number of pyridine rings is 1. The minimum absolute atomic E-state index is 0. The van der Waals surface area contributed by atoms with Crippen LogP contribution in [0.4, 0.5) is 29.2 Å². The van der Waals surface area contributed by atoms with Gasteiger partial charge < -0.3 is 9.74 Å². The van der Waals surface area contributed by atoms with E-state index in [9.17, 15) is 17.6 Å². The van der Waals surface area contributed by atoms with Gasteiger partial charge in [-0.3, -0.25) is 4.98 Å². The molecule has 0 aliphatic heterocycles. The number of aromatic nitrogens is 4. The maximum absolute atomic E-state index is 13.9. The zero-order valence-corrected chi connectivity index (χ0v) is 28.2. The Morgan fingerprint density at radius 2 is 1.50 bits per heavy atom. The number of benzene rings is 3. The van der Waals surface area contributed by atoms with Gasteiger partial charge in [-0.1, -0.05) is 81.4 Å². The van der Waals surface area contributed by atoms with Crippen molar-refractivity contribution in [1.82, 2.24) is 19.7 Å². The van der Waals surface area contributed by atoms with Crippen LogP contribution in [0.5, 0.6) is 0 Å². The van der Waals surface area contributed by atoms with Crippen molar-refractivity contribution in [2.75, 3.05) is 5.32 Å². The van der Waals surface area contributed by atoms with E-state index in [1.807, 2.05) is 56.3 Å². The largest absolute Gasteiger partial charge is 0.419 e. The fraction of sp³-hybridized carbons (Fsp3) is 0.265. The van der Waals surface area contributed by atoms with Crippen molar-refractivity contribution >= 4 is 43.8 Å². The molecule has 0 fully saturated rings. The minimum atomic E-state index is -4.85. The quantitative estimate of drug-likeness (QED) is 0.130. The average molecular weight is 668 g/mol. The summed E-state index contributed by atoms with van der Waals surface area (Å²) in [4.78, 5) is 8.96. The van der Waals surface area contributed by atoms with Gasteiger partial charge in [0.1, 0.15) is 11.6 Å². The number of halogens is 4. The van der Waals surface area contributed by atoms with Gasteiger partial charge in [0.2, 0.25) is 5.95 Å². The van der Waals surface area contributed by atoms with E-state index in [1.165, 1.54) is 6.07 Å². The normalized spacial score (nSPS) is 12.8. The number of hydrogen-bond donors (Lipinski definition) is 1. The van der Waals surface area contributed by atoms with Crippen LogP contribution in [0.25, 0.3) is 5.69 Å². The van der Waals surface area contributed by atoms with Crippen LogP contribution in [0.1, 0.15) is 44.8 Å². The molecule has 0 amide bonds. The Labute approximate surface area is 274 Å². The van der Waals surface area contributed by atoms with Gasteiger partial charge in [0.25, 0.3) is 8.32 Å². The summed E-state index contributed by atoms with van der Waals surface area (Å²) in [5.74, 6) is -0.752. The second-order valence-corrected chi connectivity index (χ2v) is 16.3. The molecule has 1 N–H and O–H groups in total. The van der Waals surface area contributed by atoms with Gasteiger partial charge in [-0.25, -0.2) is 9.07 Å². The lowest BCUT2D eigenvalue weighted by atomic mass is 10.2. The first kappa shape index (κ1) is 34.9. The van der Waals surface area contributed by atoms with Crippen molar-refractivity contribution in [3.8, 4) is 5.69 Å². The maximum atomic E-state index is 13.9. The molecule has 0 saturated heterocycles. The van der Waals surface area contributed by atoms with E-state index in [0.29, 0.717) is 24.0 Å². The van der Waals surface area contributed by atoms with E-state index in [-0.39, 0.29) is 36.3 Å². The van der Waals surface area contributed by atoms with Gasteiger partial charge in [0.05, 0.1) is 17.4 Å². The third-order valence-corrected chi connectivity index (χ3v) is 12.8. The molecule has 5 rings (SSSR count). The molecule has 6 nitrogen and oxygen atoms in total. The Morgan fingerprint density at radius 3 is 2.04 bits per heavy atom. The zero-order valence-electron chi connectivity index (χ0n) is 26.2. The second-order valence-electron chi connectivity index (χ2n) is 12.0. The maximum Gasteiger partial charge on any atom is 0.419 e. The van der Waals surface area contributed by atoms with Crippen LogP contribution in [0.15, 0.2) is 97.2 Å². The SMILES string of the molecule is Cc1cc(-n2nc(Nc3ccc(F)c(C(F)(F)F)c3)nc2CC(C)O[Si](c2ccccc2)(c2ccccc2)C(C)(C)C)ccn1.S. The summed E-state index contributed by atoms with van der Waals surface area (Å²) in [6.07, 6.45) is -3.18. The van der Waals surface area contributed by atoms with Crippen molar-refractivity contribution in [2.24, 2.45) is 0 Å². The van der Waals surface area contributed by atoms with E-state index >= 15 is 0 Å². The van der Waals surface area contributed by atoms with Gasteiger partial charge in [0.15, 0.2) is 0 Å². The fourth-order valence-electron chi connectivity index (χ4n) is 5.64. The van der Waals surface area contributed by atoms with Gasteiger partial charge in [-0.15, -0.1) is 5.10 Å². The molecule has 0 spiro atoms. The fourth-order valence-corrected chi connectivity index (χ4v) is 10.3. The molecule has 0 radical (unpaired) electrons. The molecule has 46 heavy (non-hydrogen) atoms. The molecule has 2 heterocycles. The highest BCUT2D eigenvalue weighted by Crippen LogP contribution is 2.38. The van der Waals surface area contributed by atoms with Crippen LogP contribution in [-0.4, -0.2) is 34.2 Å². The number of nitrogens with one attached hydrogen (secondary N) is 1. The number of aryl methyl sites for hydroxylation is 1. The van der Waals surface area contributed by atoms with Crippen LogP contribution in [0.2, 0.25) is 5.04 Å². The molecular weight excluding hydrogens is 631 g/mol. The third-order valence-electron chi connectivity index (χ3n) is 7.59. The standard InChI is InChI=1S/C34H35F4N5OSi.H2S/c1-23-20-26(18-19-39-23)43-31(41-32(42-43)40-25-16-17-30(35)29(22-25)34(36,37)38)21-24(2)44-45(33(3,4)5,27-12-8-6-9-13-27)28-14-10-7-11-15-28;/h6-20,22,24H,21H2,1-5H3,(H,40,42);1H2. The van der Waals surface area contributed by atoms with Gasteiger partial charge in [-0.05, 0) is 59.6 Å². The molecule has 12 heteroatoms. The highest BCUT2D eigenvalue weighted by molar-refractivity contribution is 7.59. The lowest BCUT2D eigenvalue weighted by Gasteiger charge is -2.44. The molecule has 1 atom stereocenters. The van der Waals surface area contributed by atoms with Crippen molar-refractivity contribution in [1.29, 1.82) is 0 Å². The van der Waals surface area contributed by atoms with Crippen LogP contribution < -0.4 is 15.7 Å². The van der Waals surface area contributed by atoms with E-state index in [4.69, 9.17) is 4.43 Å². The van der Waals surface area contributed by atoms with E-state index in [1.54, 1.807) is 16.9 Å². The monoisotopic (exact) mass is 667 g/mol. The summed E-state index contributed by atoms with van der Waals surface area (Å²) in [6, 6.07) is 26.9. The molecule has 242 valence electrons. The predicted octanol–water partition coefficient (Wildman–Crippen LogP) is 7.49. The minimum Gasteiger partial charge on any atom is -0.404 e. The van der Waals surface area contributed by atoms with Crippen molar-refractivity contribution in [3.05, 3.63) is 120 Å². The number of rotatable bonds is 9. The molecular formula is C34H37F4N5OSSi. The van der Waals surface area contributed by atoms with Crippen LogP contribution >= 0.6 is 13.5 Å². The molecule has 2 aromatic heterocycles. The summed E-state index contributed by atoms with van der Waals surface area (Å²) in [5, 5.41) is 9.46. The first-order valence-corrected chi connectivity index (χ1v) is 16.5. The molecule has 0 aliphatic rings. The Balaban J connectivity index is 0.00000480. The smallest absolute Gasteiger partial charge is 0.404 e. The van der Waals surface area contributed by atoms with Crippen LogP contribution in [0, 0.1) is 12.7 Å². The van der Waals surface area contributed by atoms with Gasteiger partial charge in [0, 0.05) is 24.0 Å². The summed E-state index contributed by atoms with van der Waals surface area (Å²) < 4.78 is 63.0. The van der Waals surface area contributed by atoms with Crippen molar-refractivity contribution in [2.45, 2.75) is 58.4 Å². The Morgan fingerprint density at radius 1 is 0.891 bits per heavy atom. The molecule has 0 aliphatic carbocycles. The van der Waals surface area contributed by atoms with Gasteiger partial charge >= 0.3 is 6.18 Å². The highest BCUT2D eigenvalue weighted by Gasteiger charge is 2.51. The molecule has 5 aromatic rings. The highest BCUT2D eigenvalue weighted by atomic mass is 32.1. The van der Waals surface area contributed by atoms with Gasteiger partial charge in [-0.2, -0.15) is 31.7 Å². The summed E-state index contributed by atoms with van der Waals surface area (Å²) in [6.45, 7) is 10.5. The zero-order chi connectivity index (χ0) is 32.4. The summed E-state index contributed by atoms with van der Waals surface area (Å²) in [5.41, 5.74) is 0.0818. The second kappa shape index (κ2) is 13.8. The number of hydrogen-bond acceptors (Lipinski definition) is 5. The van der Waals surface area contributed by atoms with E-state index < -0.39 is 25.9 Å². The number of anilines is 2. The van der Waals surface area contributed by atoms with Crippen LogP contribution in [-0.2, 0) is 17.0 Å². The molecule has 0 bridgehead atoms. The van der Waals surface area contributed by atoms with Crippen molar-refractivity contribution < 1.29 is 22.0 Å². The Bertz CT molecular complexity index is 1720. The summed E-state index contributed by atoms with van der Waals surface area (Å²) >= 11 is 0. The Kier molecular flexibility index (Phi) is 10.4. The predicted molar refractivity (Wildman–Crippen MR) is 181 cm³/mol. The first-order chi connectivity index (χ1) is 21.3. The molecule has 0 saturated carbocycles. The number of alkyl halides is 3.